The van der Waals surface area contributed by atoms with Gasteiger partial charge in [-0.15, -0.1) is 0 Å². The number of nitrogens with zero attached hydrogens (tertiary/aromatic N) is 1. The van der Waals surface area contributed by atoms with Gasteiger partial charge in [-0.2, -0.15) is 0 Å². The van der Waals surface area contributed by atoms with Crippen LogP contribution in [0.5, 0.6) is 0 Å². The van der Waals surface area contributed by atoms with Gasteiger partial charge in [0.15, 0.2) is 0 Å². The normalized spacial score (nSPS) is 25.8. The van der Waals surface area contributed by atoms with E-state index in [1.54, 1.807) is 24.3 Å². The largest absolute Gasteiger partial charge is 0.481 e. The van der Waals surface area contributed by atoms with Gasteiger partial charge < -0.3 is 5.11 Å². The van der Waals surface area contributed by atoms with E-state index in [1.807, 2.05) is 0 Å². The molecule has 1 heterocycles. The highest BCUT2D eigenvalue weighted by Gasteiger charge is 2.43. The molecule has 2 amide bonds. The van der Waals surface area contributed by atoms with Gasteiger partial charge in [-0.05, 0) is 31.4 Å². The summed E-state index contributed by atoms with van der Waals surface area (Å²) in [5, 5.41) is 8.99. The Kier molecular flexibility index (Phi) is 2.62. The molecule has 0 aromatic heterocycles. The van der Waals surface area contributed by atoms with Crippen LogP contribution >= 0.6 is 0 Å². The number of benzene rings is 1. The Labute approximate surface area is 109 Å². The van der Waals surface area contributed by atoms with Crippen molar-refractivity contribution in [2.75, 3.05) is 0 Å². The van der Waals surface area contributed by atoms with Gasteiger partial charge in [0.05, 0.1) is 17.0 Å². The molecule has 1 N–H and O–H groups in total. The van der Waals surface area contributed by atoms with Crippen LogP contribution in [0, 0.1) is 5.92 Å². The minimum absolute atomic E-state index is 0.284. The van der Waals surface area contributed by atoms with Crippen molar-refractivity contribution in [2.24, 2.45) is 5.92 Å². The number of carboxylic acid groups (broad SMARTS) is 1. The van der Waals surface area contributed by atoms with E-state index < -0.39 is 11.9 Å². The summed E-state index contributed by atoms with van der Waals surface area (Å²) < 4.78 is 0. The maximum Gasteiger partial charge on any atom is 0.306 e. The number of carbonyl (C=O) groups excluding carboxylic acids is 2. The number of rotatable bonds is 2. The number of hydrogen-bond acceptors (Lipinski definition) is 3. The van der Waals surface area contributed by atoms with Crippen molar-refractivity contribution in [3.05, 3.63) is 35.4 Å². The van der Waals surface area contributed by atoms with Gasteiger partial charge in [-0.3, -0.25) is 19.3 Å². The van der Waals surface area contributed by atoms with Crippen LogP contribution in [0.3, 0.4) is 0 Å². The molecule has 0 unspecified atom stereocenters. The number of imide groups is 1. The molecule has 0 spiro atoms. The zero-order valence-corrected chi connectivity index (χ0v) is 10.2. The Morgan fingerprint density at radius 2 is 1.68 bits per heavy atom. The fraction of sp³-hybridized carbons (Fsp3) is 0.357. The number of fused-ring (bicyclic) bond motifs is 1. The van der Waals surface area contributed by atoms with E-state index in [2.05, 4.69) is 0 Å². The molecular formula is C14H13NO4. The van der Waals surface area contributed by atoms with Crippen LogP contribution in [-0.2, 0) is 4.79 Å². The highest BCUT2D eigenvalue weighted by atomic mass is 16.4. The second kappa shape index (κ2) is 4.19. The van der Waals surface area contributed by atoms with E-state index >= 15 is 0 Å². The lowest BCUT2D eigenvalue weighted by atomic mass is 10.1. The summed E-state index contributed by atoms with van der Waals surface area (Å²) in [6.45, 7) is 0. The molecule has 1 aromatic rings. The predicted octanol–water partition coefficient (Wildman–Crippen LogP) is 1.54. The molecule has 0 saturated heterocycles. The van der Waals surface area contributed by atoms with Crippen molar-refractivity contribution in [2.45, 2.75) is 25.3 Å². The molecule has 3 rings (SSSR count). The summed E-state index contributed by atoms with van der Waals surface area (Å²) in [5.41, 5.74) is 0.845. The molecule has 98 valence electrons. The van der Waals surface area contributed by atoms with E-state index in [1.165, 1.54) is 4.90 Å². The minimum Gasteiger partial charge on any atom is -0.481 e. The van der Waals surface area contributed by atoms with Gasteiger partial charge in [0.25, 0.3) is 11.8 Å². The number of aliphatic carboxylic acids is 1. The molecule has 0 bridgehead atoms. The number of carboxylic acids is 1. The molecule has 5 nitrogen and oxygen atoms in total. The van der Waals surface area contributed by atoms with Crippen molar-refractivity contribution in [1.82, 2.24) is 4.90 Å². The molecular weight excluding hydrogens is 246 g/mol. The number of amides is 2. The highest BCUT2D eigenvalue weighted by molar-refractivity contribution is 6.21. The third kappa shape index (κ3) is 1.73. The Morgan fingerprint density at radius 1 is 1.11 bits per heavy atom. The van der Waals surface area contributed by atoms with Crippen LogP contribution < -0.4 is 0 Å². The Balaban J connectivity index is 1.87. The summed E-state index contributed by atoms with van der Waals surface area (Å²) in [4.78, 5) is 36.7. The average molecular weight is 259 g/mol. The first kappa shape index (κ1) is 11.9. The molecule has 1 aliphatic heterocycles. The Hall–Kier alpha value is -2.17. The fourth-order valence-corrected chi connectivity index (χ4v) is 2.96. The molecule has 5 heteroatoms. The SMILES string of the molecule is O=C(O)[C@H]1CC[C@H](N2C(=O)c3ccccc3C2=O)C1. The molecule has 1 aromatic carbocycles. The van der Waals surface area contributed by atoms with E-state index in [4.69, 9.17) is 5.11 Å². The van der Waals surface area contributed by atoms with Crippen LogP contribution in [0.1, 0.15) is 40.0 Å². The van der Waals surface area contributed by atoms with Crippen LogP contribution in [0.25, 0.3) is 0 Å². The summed E-state index contributed by atoms with van der Waals surface area (Å²) in [5.74, 6) is -1.89. The molecule has 2 atom stereocenters. The maximum absolute atomic E-state index is 12.2. The first-order valence-electron chi connectivity index (χ1n) is 6.29. The Bertz CT molecular complexity index is 546. The van der Waals surface area contributed by atoms with Gasteiger partial charge in [0.1, 0.15) is 0 Å². The van der Waals surface area contributed by atoms with Crippen LogP contribution in [0.4, 0.5) is 0 Å². The Morgan fingerprint density at radius 3 is 2.16 bits per heavy atom. The van der Waals surface area contributed by atoms with Crippen molar-refractivity contribution >= 4 is 17.8 Å². The van der Waals surface area contributed by atoms with Crippen molar-refractivity contribution in [1.29, 1.82) is 0 Å². The maximum atomic E-state index is 12.2. The first-order valence-corrected chi connectivity index (χ1v) is 6.29. The standard InChI is InChI=1S/C14H13NO4/c16-12-10-3-1-2-4-11(10)13(17)15(12)9-6-5-8(7-9)14(18)19/h1-4,8-9H,5-7H2,(H,18,19)/t8-,9-/m0/s1. The highest BCUT2D eigenvalue weighted by Crippen LogP contribution is 2.34. The second-order valence-electron chi connectivity index (χ2n) is 5.03. The quantitative estimate of drug-likeness (QED) is 0.817. The van der Waals surface area contributed by atoms with Gasteiger partial charge in [-0.1, -0.05) is 12.1 Å². The molecule has 1 aliphatic carbocycles. The van der Waals surface area contributed by atoms with E-state index in [9.17, 15) is 14.4 Å². The fourth-order valence-electron chi connectivity index (χ4n) is 2.96. The van der Waals surface area contributed by atoms with Crippen molar-refractivity contribution in [3.8, 4) is 0 Å². The van der Waals surface area contributed by atoms with Crippen LogP contribution in [-0.4, -0.2) is 33.8 Å². The van der Waals surface area contributed by atoms with Crippen molar-refractivity contribution in [3.63, 3.8) is 0 Å². The van der Waals surface area contributed by atoms with Gasteiger partial charge in [0.2, 0.25) is 0 Å². The zero-order chi connectivity index (χ0) is 13.6. The number of hydrogen-bond donors (Lipinski definition) is 1. The summed E-state index contributed by atoms with van der Waals surface area (Å²) in [6, 6.07) is 6.44. The molecule has 1 fully saturated rings. The number of carbonyl (C=O) groups is 3. The lowest BCUT2D eigenvalue weighted by molar-refractivity contribution is -0.141. The van der Waals surface area contributed by atoms with Crippen LogP contribution in [0.15, 0.2) is 24.3 Å². The zero-order valence-electron chi connectivity index (χ0n) is 10.2. The van der Waals surface area contributed by atoms with Crippen molar-refractivity contribution < 1.29 is 19.5 Å². The van der Waals surface area contributed by atoms with Gasteiger partial charge in [0, 0.05) is 6.04 Å². The van der Waals surface area contributed by atoms with Gasteiger partial charge >= 0.3 is 5.97 Å². The average Bonchev–Trinajstić information content (AvgIpc) is 2.96. The predicted molar refractivity (Wildman–Crippen MR) is 65.7 cm³/mol. The smallest absolute Gasteiger partial charge is 0.306 e. The molecule has 1 saturated carbocycles. The molecule has 19 heavy (non-hydrogen) atoms. The summed E-state index contributed by atoms with van der Waals surface area (Å²) in [7, 11) is 0. The van der Waals surface area contributed by atoms with Gasteiger partial charge in [-0.25, -0.2) is 0 Å². The monoisotopic (exact) mass is 259 g/mol. The third-order valence-corrected chi connectivity index (χ3v) is 3.94. The first-order chi connectivity index (χ1) is 9.09. The van der Waals surface area contributed by atoms with E-state index in [0.717, 1.165) is 0 Å². The molecule has 0 radical (unpaired) electrons. The van der Waals surface area contributed by atoms with E-state index in [-0.39, 0.29) is 17.9 Å². The second-order valence-corrected chi connectivity index (χ2v) is 5.03. The van der Waals surface area contributed by atoms with Crippen LogP contribution in [0.2, 0.25) is 0 Å². The summed E-state index contributed by atoms with van der Waals surface area (Å²) >= 11 is 0. The molecule has 2 aliphatic rings. The minimum atomic E-state index is -0.848. The third-order valence-electron chi connectivity index (χ3n) is 3.94. The lowest BCUT2D eigenvalue weighted by Crippen LogP contribution is -2.38. The topological polar surface area (TPSA) is 74.7 Å². The lowest BCUT2D eigenvalue weighted by Gasteiger charge is -2.21. The van der Waals surface area contributed by atoms with E-state index in [0.29, 0.717) is 30.4 Å². The summed E-state index contributed by atoms with van der Waals surface area (Å²) in [6.07, 6.45) is 1.46.